The fourth-order valence-electron chi connectivity index (χ4n) is 0.932. The Morgan fingerprint density at radius 3 is 2.67 bits per heavy atom. The minimum Gasteiger partial charge on any atom is -0.424 e. The molecule has 0 unspecified atom stereocenters. The lowest BCUT2D eigenvalue weighted by Crippen LogP contribution is -2.37. The van der Waals surface area contributed by atoms with Gasteiger partial charge in [0.15, 0.2) is 0 Å². The quantitative estimate of drug-likeness (QED) is 0.348. The molecule has 0 aliphatic carbocycles. The number of aryl methyl sites for hydroxylation is 1. The van der Waals surface area contributed by atoms with Crippen LogP contribution in [0.15, 0.2) is 27.8 Å². The zero-order chi connectivity index (χ0) is 11.4. The zero-order valence-electron chi connectivity index (χ0n) is 8.57. The van der Waals surface area contributed by atoms with E-state index in [4.69, 9.17) is 16.4 Å². The third-order valence-corrected chi connectivity index (χ3v) is 2.62. The predicted molar refractivity (Wildman–Crippen MR) is 63.1 cm³/mol. The van der Waals surface area contributed by atoms with Crippen LogP contribution in [0.5, 0.6) is 5.75 Å². The number of amidine groups is 1. The molecule has 0 bridgehead atoms. The van der Waals surface area contributed by atoms with Crippen LogP contribution in [0.1, 0.15) is 5.56 Å². The zero-order valence-corrected chi connectivity index (χ0v) is 10.2. The molecular formula is C9H13BrN4O. The van der Waals surface area contributed by atoms with Gasteiger partial charge >= 0.3 is 6.02 Å². The molecule has 0 heterocycles. The molecular weight excluding hydrogens is 260 g/mol. The molecule has 0 fully saturated rings. The fourth-order valence-corrected chi connectivity index (χ4v) is 1.29. The molecule has 0 atom stereocenters. The number of nitrogens with two attached hydrogens (primary N) is 2. The third-order valence-electron chi connectivity index (χ3n) is 1.76. The molecule has 0 aromatic heterocycles. The average Bonchev–Trinajstić information content (AvgIpc) is 2.19. The second kappa shape index (κ2) is 4.99. The smallest absolute Gasteiger partial charge is 0.328 e. The van der Waals surface area contributed by atoms with Gasteiger partial charge in [0, 0.05) is 11.5 Å². The number of ether oxygens (including phenoxy) is 1. The standard InChI is InChI=1S/C9H13BrN4O/c1-6-3-4-7(5-8(6)10)15-9(13-11)14(2)12/h3-5H,11-12H2,1-2H3/b13-9+. The molecule has 4 N–H and O–H groups in total. The Bertz CT molecular complexity index is 378. The van der Waals surface area contributed by atoms with Gasteiger partial charge in [-0.05, 0) is 24.6 Å². The number of rotatable bonds is 1. The SMILES string of the molecule is Cc1ccc(O/C(=N/N)N(C)N)cc1Br. The lowest BCUT2D eigenvalue weighted by Gasteiger charge is -2.14. The first-order chi connectivity index (χ1) is 7.04. The maximum absolute atomic E-state index is 5.45. The van der Waals surface area contributed by atoms with Crippen LogP contribution < -0.4 is 16.4 Å². The molecule has 15 heavy (non-hydrogen) atoms. The second-order valence-corrected chi connectivity index (χ2v) is 3.89. The lowest BCUT2D eigenvalue weighted by atomic mass is 10.2. The first kappa shape index (κ1) is 11.8. The van der Waals surface area contributed by atoms with E-state index in [0.29, 0.717) is 5.75 Å². The molecule has 1 aromatic rings. The van der Waals surface area contributed by atoms with Crippen LogP contribution in [0.4, 0.5) is 0 Å². The van der Waals surface area contributed by atoms with Crippen molar-refractivity contribution >= 4 is 22.0 Å². The van der Waals surface area contributed by atoms with Gasteiger partial charge in [-0.2, -0.15) is 0 Å². The number of halogens is 1. The molecule has 1 rings (SSSR count). The molecule has 82 valence electrons. The van der Waals surface area contributed by atoms with Gasteiger partial charge in [-0.1, -0.05) is 22.0 Å². The van der Waals surface area contributed by atoms with Crippen LogP contribution in [0.25, 0.3) is 0 Å². The van der Waals surface area contributed by atoms with E-state index < -0.39 is 0 Å². The Hall–Kier alpha value is -1.27. The highest BCUT2D eigenvalue weighted by Crippen LogP contribution is 2.22. The molecule has 0 aliphatic heterocycles. The van der Waals surface area contributed by atoms with E-state index in [-0.39, 0.29) is 6.02 Å². The number of hydrazone groups is 1. The van der Waals surface area contributed by atoms with Crippen molar-refractivity contribution < 1.29 is 4.74 Å². The highest BCUT2D eigenvalue weighted by atomic mass is 79.9. The van der Waals surface area contributed by atoms with Crippen molar-refractivity contribution in [1.82, 2.24) is 5.01 Å². The molecule has 5 nitrogen and oxygen atoms in total. The molecule has 6 heteroatoms. The highest BCUT2D eigenvalue weighted by molar-refractivity contribution is 9.10. The summed E-state index contributed by atoms with van der Waals surface area (Å²) in [6, 6.07) is 5.70. The maximum atomic E-state index is 5.45. The summed E-state index contributed by atoms with van der Waals surface area (Å²) in [5, 5.41) is 4.62. The number of hydrazine groups is 1. The van der Waals surface area contributed by atoms with Gasteiger partial charge < -0.3 is 10.6 Å². The summed E-state index contributed by atoms with van der Waals surface area (Å²) in [6.45, 7) is 1.99. The number of benzene rings is 1. The predicted octanol–water partition coefficient (Wildman–Crippen LogP) is 1.17. The van der Waals surface area contributed by atoms with Crippen LogP contribution >= 0.6 is 15.9 Å². The number of hydrogen-bond donors (Lipinski definition) is 2. The average molecular weight is 273 g/mol. The van der Waals surface area contributed by atoms with Gasteiger partial charge in [0.05, 0.1) is 0 Å². The Labute approximate surface area is 96.8 Å². The van der Waals surface area contributed by atoms with Crippen molar-refractivity contribution in [1.29, 1.82) is 0 Å². The Kier molecular flexibility index (Phi) is 3.93. The van der Waals surface area contributed by atoms with E-state index in [1.807, 2.05) is 25.1 Å². The van der Waals surface area contributed by atoms with E-state index in [2.05, 4.69) is 21.0 Å². The van der Waals surface area contributed by atoms with Crippen LogP contribution in [0.2, 0.25) is 0 Å². The van der Waals surface area contributed by atoms with Crippen molar-refractivity contribution in [2.45, 2.75) is 6.92 Å². The first-order valence-electron chi connectivity index (χ1n) is 4.25. The van der Waals surface area contributed by atoms with Gasteiger partial charge in [-0.3, -0.25) is 5.01 Å². The summed E-state index contributed by atoms with van der Waals surface area (Å²) in [6.07, 6.45) is 0. The maximum Gasteiger partial charge on any atom is 0.328 e. The van der Waals surface area contributed by atoms with E-state index in [1.165, 1.54) is 5.01 Å². The summed E-state index contributed by atoms with van der Waals surface area (Å²) in [5.74, 6) is 11.2. The topological polar surface area (TPSA) is 76.9 Å². The number of nitrogens with zero attached hydrogens (tertiary/aromatic N) is 2. The molecule has 0 amide bonds. The van der Waals surface area contributed by atoms with Gasteiger partial charge in [-0.25, -0.2) is 5.84 Å². The molecule has 0 saturated carbocycles. The Morgan fingerprint density at radius 2 is 2.20 bits per heavy atom. The molecule has 1 aromatic carbocycles. The fraction of sp³-hybridized carbons (Fsp3) is 0.222. The second-order valence-electron chi connectivity index (χ2n) is 3.04. The minimum atomic E-state index is 0.144. The van der Waals surface area contributed by atoms with E-state index in [1.54, 1.807) is 7.05 Å². The monoisotopic (exact) mass is 272 g/mol. The van der Waals surface area contributed by atoms with Gasteiger partial charge in [0.1, 0.15) is 5.75 Å². The lowest BCUT2D eigenvalue weighted by molar-refractivity contribution is 0.395. The highest BCUT2D eigenvalue weighted by Gasteiger charge is 2.06. The van der Waals surface area contributed by atoms with Gasteiger partial charge in [0.25, 0.3) is 0 Å². The van der Waals surface area contributed by atoms with Gasteiger partial charge in [0.2, 0.25) is 0 Å². The normalized spacial score (nSPS) is 11.3. The summed E-state index contributed by atoms with van der Waals surface area (Å²) in [4.78, 5) is 0. The van der Waals surface area contributed by atoms with E-state index >= 15 is 0 Å². The number of hydrogen-bond acceptors (Lipinski definition) is 4. The summed E-state index contributed by atoms with van der Waals surface area (Å²) >= 11 is 3.40. The van der Waals surface area contributed by atoms with Crippen molar-refractivity contribution in [3.63, 3.8) is 0 Å². The first-order valence-corrected chi connectivity index (χ1v) is 5.04. The molecule has 0 spiro atoms. The van der Waals surface area contributed by atoms with Crippen molar-refractivity contribution in [2.24, 2.45) is 16.8 Å². The third kappa shape index (κ3) is 3.10. The molecule has 0 aliphatic rings. The minimum absolute atomic E-state index is 0.144. The molecule has 0 radical (unpaired) electrons. The summed E-state index contributed by atoms with van der Waals surface area (Å²) < 4.78 is 6.31. The van der Waals surface area contributed by atoms with Crippen LogP contribution in [0.3, 0.4) is 0 Å². The van der Waals surface area contributed by atoms with Crippen molar-refractivity contribution in [3.8, 4) is 5.75 Å². The summed E-state index contributed by atoms with van der Waals surface area (Å²) in [7, 11) is 1.59. The Morgan fingerprint density at radius 1 is 1.53 bits per heavy atom. The van der Waals surface area contributed by atoms with Crippen LogP contribution in [0, 0.1) is 6.92 Å². The van der Waals surface area contributed by atoms with Crippen LogP contribution in [-0.4, -0.2) is 18.1 Å². The largest absolute Gasteiger partial charge is 0.424 e. The molecule has 0 saturated heterocycles. The van der Waals surface area contributed by atoms with Crippen molar-refractivity contribution in [3.05, 3.63) is 28.2 Å². The van der Waals surface area contributed by atoms with E-state index in [0.717, 1.165) is 10.0 Å². The Balaban J connectivity index is 2.85. The van der Waals surface area contributed by atoms with E-state index in [9.17, 15) is 0 Å². The summed E-state index contributed by atoms with van der Waals surface area (Å²) in [5.41, 5.74) is 1.12. The van der Waals surface area contributed by atoms with Crippen molar-refractivity contribution in [2.75, 3.05) is 7.05 Å². The van der Waals surface area contributed by atoms with Crippen LogP contribution in [-0.2, 0) is 0 Å². The van der Waals surface area contributed by atoms with Gasteiger partial charge in [-0.15, -0.1) is 5.10 Å².